The van der Waals surface area contributed by atoms with E-state index in [0.717, 1.165) is 0 Å². The Hall–Kier alpha value is -2.10. The summed E-state index contributed by atoms with van der Waals surface area (Å²) in [5.74, 6) is -1.44. The molecule has 1 aliphatic heterocycles. The second-order valence-electron chi connectivity index (χ2n) is 3.99. The van der Waals surface area contributed by atoms with Crippen LogP contribution < -0.4 is 5.32 Å². The molecule has 3 amide bonds. The summed E-state index contributed by atoms with van der Waals surface area (Å²) in [6.07, 6.45) is 0.650. The van der Waals surface area contributed by atoms with Gasteiger partial charge >= 0.3 is 11.8 Å². The first-order valence-corrected chi connectivity index (χ1v) is 5.76. The van der Waals surface area contributed by atoms with E-state index in [1.54, 1.807) is 11.0 Å². The average molecular weight is 252 g/mol. The fraction of sp³-hybridized carbons (Fsp3) is 0.636. The Balaban J connectivity index is 2.52. The number of carbonyl (C=O) groups is 3. The molecule has 0 bridgehead atoms. The van der Waals surface area contributed by atoms with Crippen LogP contribution in [0.5, 0.6) is 0 Å². The molecular weight excluding hydrogens is 236 g/mol. The van der Waals surface area contributed by atoms with Gasteiger partial charge in [0.1, 0.15) is 6.54 Å². The van der Waals surface area contributed by atoms with E-state index >= 15 is 0 Å². The normalized spacial score (nSPS) is 15.6. The van der Waals surface area contributed by atoms with Crippen molar-refractivity contribution in [3.8, 4) is 6.07 Å². The molecule has 0 aromatic rings. The lowest BCUT2D eigenvalue weighted by atomic mass is 10.3. The smallest absolute Gasteiger partial charge is 0.311 e. The Morgan fingerprint density at radius 3 is 2.39 bits per heavy atom. The maximum atomic E-state index is 11.7. The largest absolute Gasteiger partial charge is 0.341 e. The number of carbonyl (C=O) groups excluding carboxylic acids is 3. The fourth-order valence-electron chi connectivity index (χ4n) is 1.77. The van der Waals surface area contributed by atoms with Gasteiger partial charge < -0.3 is 15.1 Å². The maximum Gasteiger partial charge on any atom is 0.311 e. The van der Waals surface area contributed by atoms with Crippen LogP contribution in [0.25, 0.3) is 0 Å². The van der Waals surface area contributed by atoms with Crippen molar-refractivity contribution in [3.05, 3.63) is 0 Å². The van der Waals surface area contributed by atoms with Gasteiger partial charge in [-0.05, 0) is 6.42 Å². The first-order chi connectivity index (χ1) is 8.56. The number of nitrogens with zero attached hydrogens (tertiary/aromatic N) is 3. The summed E-state index contributed by atoms with van der Waals surface area (Å²) >= 11 is 0. The summed E-state index contributed by atoms with van der Waals surface area (Å²) in [5.41, 5.74) is 0. The Labute approximate surface area is 105 Å². The molecule has 1 N–H and O–H groups in total. The maximum absolute atomic E-state index is 11.7. The van der Waals surface area contributed by atoms with Crippen molar-refractivity contribution >= 4 is 17.7 Å². The van der Waals surface area contributed by atoms with Gasteiger partial charge in [0.2, 0.25) is 5.91 Å². The number of hydrogen-bond donors (Lipinski definition) is 1. The lowest BCUT2D eigenvalue weighted by Crippen LogP contribution is -2.44. The summed E-state index contributed by atoms with van der Waals surface area (Å²) < 4.78 is 0. The number of nitrogens with one attached hydrogen (secondary N) is 1. The molecule has 18 heavy (non-hydrogen) atoms. The minimum atomic E-state index is -0.771. The average Bonchev–Trinajstić information content (AvgIpc) is 2.60. The van der Waals surface area contributed by atoms with E-state index in [4.69, 9.17) is 5.26 Å². The first kappa shape index (κ1) is 14.0. The predicted octanol–water partition coefficient (Wildman–Crippen LogP) is -1.29. The van der Waals surface area contributed by atoms with Gasteiger partial charge in [0.15, 0.2) is 0 Å². The second kappa shape index (κ2) is 6.59. The van der Waals surface area contributed by atoms with E-state index in [0.29, 0.717) is 32.6 Å². The van der Waals surface area contributed by atoms with Crippen molar-refractivity contribution in [2.24, 2.45) is 0 Å². The molecule has 0 spiro atoms. The van der Waals surface area contributed by atoms with Crippen LogP contribution in [-0.4, -0.2) is 60.2 Å². The quantitative estimate of drug-likeness (QED) is 0.464. The van der Waals surface area contributed by atoms with Crippen LogP contribution in [0.3, 0.4) is 0 Å². The molecule has 0 aromatic carbocycles. The van der Waals surface area contributed by atoms with Crippen molar-refractivity contribution in [3.63, 3.8) is 0 Å². The Kier molecular flexibility index (Phi) is 5.11. The molecule has 7 nitrogen and oxygen atoms in total. The molecule has 1 fully saturated rings. The summed E-state index contributed by atoms with van der Waals surface area (Å²) in [5, 5.41) is 10.5. The van der Waals surface area contributed by atoms with Gasteiger partial charge in [-0.2, -0.15) is 5.26 Å². The van der Waals surface area contributed by atoms with Crippen molar-refractivity contribution in [1.82, 2.24) is 15.1 Å². The molecule has 1 heterocycles. The Morgan fingerprint density at radius 1 is 1.17 bits per heavy atom. The highest BCUT2D eigenvalue weighted by Crippen LogP contribution is 2.03. The molecule has 1 saturated heterocycles. The Bertz CT molecular complexity index is 388. The Morgan fingerprint density at radius 2 is 1.78 bits per heavy atom. The zero-order valence-corrected chi connectivity index (χ0v) is 10.3. The van der Waals surface area contributed by atoms with Gasteiger partial charge in [0, 0.05) is 33.1 Å². The number of nitriles is 1. The van der Waals surface area contributed by atoms with Crippen molar-refractivity contribution < 1.29 is 14.4 Å². The lowest BCUT2D eigenvalue weighted by molar-refractivity contribution is -0.145. The van der Waals surface area contributed by atoms with Crippen molar-refractivity contribution in [1.29, 1.82) is 5.26 Å². The van der Waals surface area contributed by atoms with Crippen LogP contribution in [0.4, 0.5) is 0 Å². The van der Waals surface area contributed by atoms with E-state index in [1.165, 1.54) is 11.8 Å². The molecular formula is C11H16N4O3. The lowest BCUT2D eigenvalue weighted by Gasteiger charge is -2.20. The highest BCUT2D eigenvalue weighted by Gasteiger charge is 2.24. The number of hydrogen-bond acceptors (Lipinski definition) is 4. The molecule has 0 radical (unpaired) electrons. The monoisotopic (exact) mass is 252 g/mol. The van der Waals surface area contributed by atoms with Gasteiger partial charge in [-0.15, -0.1) is 0 Å². The highest BCUT2D eigenvalue weighted by atomic mass is 16.2. The number of rotatable bonds is 1. The summed E-state index contributed by atoms with van der Waals surface area (Å²) in [7, 11) is 0. The van der Waals surface area contributed by atoms with E-state index in [-0.39, 0.29) is 12.5 Å². The minimum Gasteiger partial charge on any atom is -0.341 e. The molecule has 7 heteroatoms. The van der Waals surface area contributed by atoms with Gasteiger partial charge in [-0.25, -0.2) is 0 Å². The molecule has 0 unspecified atom stereocenters. The van der Waals surface area contributed by atoms with Crippen LogP contribution >= 0.6 is 0 Å². The van der Waals surface area contributed by atoms with Gasteiger partial charge in [-0.1, -0.05) is 0 Å². The van der Waals surface area contributed by atoms with Gasteiger partial charge in [0.25, 0.3) is 0 Å². The van der Waals surface area contributed by atoms with Gasteiger partial charge in [0.05, 0.1) is 6.07 Å². The third-order valence-electron chi connectivity index (χ3n) is 2.75. The molecule has 1 rings (SSSR count). The second-order valence-corrected chi connectivity index (χ2v) is 3.99. The van der Waals surface area contributed by atoms with Crippen molar-refractivity contribution in [2.45, 2.75) is 13.3 Å². The predicted molar refractivity (Wildman–Crippen MR) is 62.1 cm³/mol. The molecule has 98 valence electrons. The third kappa shape index (κ3) is 3.73. The SMILES string of the molecule is CC(=O)N1CCCN(C(=O)C(=O)NCC#N)CC1. The molecule has 0 saturated carbocycles. The zero-order valence-electron chi connectivity index (χ0n) is 10.3. The summed E-state index contributed by atoms with van der Waals surface area (Å²) in [4.78, 5) is 37.4. The van der Waals surface area contributed by atoms with Crippen LogP contribution in [-0.2, 0) is 14.4 Å². The van der Waals surface area contributed by atoms with E-state index in [2.05, 4.69) is 5.32 Å². The third-order valence-corrected chi connectivity index (χ3v) is 2.75. The van der Waals surface area contributed by atoms with Crippen LogP contribution in [0.15, 0.2) is 0 Å². The fourth-order valence-corrected chi connectivity index (χ4v) is 1.77. The van der Waals surface area contributed by atoms with E-state index in [9.17, 15) is 14.4 Å². The minimum absolute atomic E-state index is 0.0294. The molecule has 0 aliphatic carbocycles. The molecule has 0 aromatic heterocycles. The first-order valence-electron chi connectivity index (χ1n) is 5.76. The zero-order chi connectivity index (χ0) is 13.5. The standard InChI is InChI=1S/C11H16N4O3/c1-9(16)14-5-2-6-15(8-7-14)11(18)10(17)13-4-3-12/h2,4-8H2,1H3,(H,13,17). The molecule has 1 aliphatic rings. The topological polar surface area (TPSA) is 93.5 Å². The van der Waals surface area contributed by atoms with Crippen LogP contribution in [0, 0.1) is 11.3 Å². The van der Waals surface area contributed by atoms with E-state index < -0.39 is 11.8 Å². The highest BCUT2D eigenvalue weighted by molar-refractivity contribution is 6.35. The van der Waals surface area contributed by atoms with Crippen LogP contribution in [0.2, 0.25) is 0 Å². The molecule has 0 atom stereocenters. The van der Waals surface area contributed by atoms with Crippen LogP contribution in [0.1, 0.15) is 13.3 Å². The summed E-state index contributed by atoms with van der Waals surface area (Å²) in [6, 6.07) is 1.74. The van der Waals surface area contributed by atoms with Gasteiger partial charge in [-0.3, -0.25) is 14.4 Å². The number of amides is 3. The summed E-state index contributed by atoms with van der Waals surface area (Å²) in [6.45, 7) is 3.13. The van der Waals surface area contributed by atoms with Crippen molar-refractivity contribution in [2.75, 3.05) is 32.7 Å². The van der Waals surface area contributed by atoms with E-state index in [1.807, 2.05) is 0 Å².